The average molecular weight is 476 g/mol. The van der Waals surface area contributed by atoms with Gasteiger partial charge >= 0.3 is 0 Å². The van der Waals surface area contributed by atoms with Crippen molar-refractivity contribution in [2.24, 2.45) is 0 Å². The predicted molar refractivity (Wildman–Crippen MR) is 139 cm³/mol. The monoisotopic (exact) mass is 475 g/mol. The smallest absolute Gasteiger partial charge is 0.287 e. The molecule has 2 aromatic carbocycles. The average Bonchev–Trinajstić information content (AvgIpc) is 3.30. The van der Waals surface area contributed by atoms with E-state index in [1.165, 1.54) is 35.1 Å². The normalized spacial score (nSPS) is 15.9. The standard InChI is InChI=1S/C30H37NO4/c1-19-15-23-24(30(4,5)14-13-29(23,2)3)17-20(19)16-21-11-12-27(35-21)28(32)31-18-22-25(33-6)9-8-10-26(22)34-7/h8-12,15,17H,13-14,16,18H2,1-7H3,(H,31,32). The van der Waals surface area contributed by atoms with E-state index < -0.39 is 0 Å². The van der Waals surface area contributed by atoms with E-state index in [2.05, 4.69) is 52.1 Å². The van der Waals surface area contributed by atoms with E-state index in [0.29, 0.717) is 23.7 Å². The van der Waals surface area contributed by atoms with Gasteiger partial charge in [-0.15, -0.1) is 0 Å². The number of rotatable bonds is 7. The van der Waals surface area contributed by atoms with Gasteiger partial charge in [0.15, 0.2) is 5.76 Å². The van der Waals surface area contributed by atoms with Gasteiger partial charge in [-0.25, -0.2) is 0 Å². The third-order valence-electron chi connectivity index (χ3n) is 7.52. The van der Waals surface area contributed by atoms with Crippen molar-refractivity contribution in [3.63, 3.8) is 0 Å². The van der Waals surface area contributed by atoms with Gasteiger partial charge in [0.25, 0.3) is 5.91 Å². The van der Waals surface area contributed by atoms with Crippen molar-refractivity contribution < 1.29 is 18.7 Å². The Morgan fingerprint density at radius 1 is 0.943 bits per heavy atom. The van der Waals surface area contributed by atoms with E-state index in [9.17, 15) is 4.79 Å². The van der Waals surface area contributed by atoms with Crippen LogP contribution in [0, 0.1) is 6.92 Å². The first-order chi connectivity index (χ1) is 16.6. The fourth-order valence-electron chi connectivity index (χ4n) is 5.10. The fraction of sp³-hybridized carbons (Fsp3) is 0.433. The summed E-state index contributed by atoms with van der Waals surface area (Å²) in [6, 6.07) is 13.9. The molecule has 0 unspecified atom stereocenters. The summed E-state index contributed by atoms with van der Waals surface area (Å²) in [6.45, 7) is 11.8. The lowest BCUT2D eigenvalue weighted by Crippen LogP contribution is -2.34. The Labute approximate surface area is 208 Å². The molecule has 5 heteroatoms. The number of nitrogens with one attached hydrogen (secondary N) is 1. The number of carbonyl (C=O) groups is 1. The molecule has 0 aliphatic heterocycles. The van der Waals surface area contributed by atoms with Crippen LogP contribution < -0.4 is 14.8 Å². The van der Waals surface area contributed by atoms with Crippen LogP contribution in [-0.4, -0.2) is 20.1 Å². The van der Waals surface area contributed by atoms with Crippen molar-refractivity contribution >= 4 is 5.91 Å². The van der Waals surface area contributed by atoms with Gasteiger partial charge in [-0.2, -0.15) is 0 Å². The molecule has 0 saturated heterocycles. The minimum Gasteiger partial charge on any atom is -0.496 e. The van der Waals surface area contributed by atoms with Gasteiger partial charge in [0, 0.05) is 6.42 Å². The largest absolute Gasteiger partial charge is 0.496 e. The molecule has 0 spiro atoms. The first kappa shape index (κ1) is 24.9. The lowest BCUT2D eigenvalue weighted by Gasteiger charge is -2.42. The van der Waals surface area contributed by atoms with Gasteiger partial charge in [-0.3, -0.25) is 4.79 Å². The molecule has 0 saturated carbocycles. The van der Waals surface area contributed by atoms with Gasteiger partial charge in [0.2, 0.25) is 0 Å². The SMILES string of the molecule is COc1cccc(OC)c1CNC(=O)c1ccc(Cc2cc3c(cc2C)C(C)(C)CCC3(C)C)o1. The van der Waals surface area contributed by atoms with Gasteiger partial charge in [0.1, 0.15) is 17.3 Å². The first-order valence-electron chi connectivity index (χ1n) is 12.3. The van der Waals surface area contributed by atoms with Crippen LogP contribution >= 0.6 is 0 Å². The maximum absolute atomic E-state index is 12.8. The van der Waals surface area contributed by atoms with Crippen LogP contribution in [0.4, 0.5) is 0 Å². The number of fused-ring (bicyclic) bond motifs is 1. The summed E-state index contributed by atoms with van der Waals surface area (Å²) in [6.07, 6.45) is 3.03. The van der Waals surface area contributed by atoms with Gasteiger partial charge < -0.3 is 19.2 Å². The summed E-state index contributed by atoms with van der Waals surface area (Å²) in [7, 11) is 3.20. The second-order valence-corrected chi connectivity index (χ2v) is 10.9. The minimum atomic E-state index is -0.269. The number of methoxy groups -OCH3 is 2. The number of carbonyl (C=O) groups excluding carboxylic acids is 1. The molecular formula is C30H37NO4. The highest BCUT2D eigenvalue weighted by Gasteiger charge is 2.37. The summed E-state index contributed by atoms with van der Waals surface area (Å²) in [5.74, 6) is 2.14. The number of amides is 1. The molecule has 3 aromatic rings. The van der Waals surface area contributed by atoms with Crippen molar-refractivity contribution in [2.45, 2.75) is 71.3 Å². The maximum Gasteiger partial charge on any atom is 0.287 e. The Morgan fingerprint density at radius 3 is 2.14 bits per heavy atom. The highest BCUT2D eigenvalue weighted by Crippen LogP contribution is 2.46. The zero-order valence-electron chi connectivity index (χ0n) is 22.0. The van der Waals surface area contributed by atoms with Crippen LogP contribution in [0.1, 0.15) is 84.7 Å². The molecule has 1 N–H and O–H groups in total. The van der Waals surface area contributed by atoms with E-state index in [-0.39, 0.29) is 23.3 Å². The first-order valence-corrected chi connectivity index (χ1v) is 12.3. The lowest BCUT2D eigenvalue weighted by atomic mass is 9.62. The van der Waals surface area contributed by atoms with Gasteiger partial charge in [-0.1, -0.05) is 45.9 Å². The molecule has 1 aliphatic rings. The van der Waals surface area contributed by atoms with Crippen molar-refractivity contribution in [2.75, 3.05) is 14.2 Å². The number of benzene rings is 2. The van der Waals surface area contributed by atoms with Crippen LogP contribution in [0.15, 0.2) is 46.9 Å². The Hall–Kier alpha value is -3.21. The zero-order valence-corrected chi connectivity index (χ0v) is 22.0. The minimum absolute atomic E-state index is 0.154. The summed E-state index contributed by atoms with van der Waals surface area (Å²) in [4.78, 5) is 12.8. The van der Waals surface area contributed by atoms with E-state index in [1.54, 1.807) is 20.3 Å². The number of ether oxygens (including phenoxy) is 2. The molecule has 186 valence electrons. The van der Waals surface area contributed by atoms with Crippen molar-refractivity contribution in [3.05, 3.63) is 81.8 Å². The van der Waals surface area contributed by atoms with Crippen molar-refractivity contribution in [1.82, 2.24) is 5.32 Å². The number of hydrogen-bond donors (Lipinski definition) is 1. The Balaban J connectivity index is 1.51. The predicted octanol–water partition coefficient (Wildman–Crippen LogP) is 6.48. The number of furan rings is 1. The van der Waals surface area contributed by atoms with Crippen molar-refractivity contribution in [1.29, 1.82) is 0 Å². The lowest BCUT2D eigenvalue weighted by molar-refractivity contribution is 0.0921. The van der Waals surface area contributed by atoms with Gasteiger partial charge in [-0.05, 0) is 77.1 Å². The zero-order chi connectivity index (χ0) is 25.4. The molecule has 1 aliphatic carbocycles. The second-order valence-electron chi connectivity index (χ2n) is 10.9. The third-order valence-corrected chi connectivity index (χ3v) is 7.52. The van der Waals surface area contributed by atoms with E-state index in [4.69, 9.17) is 13.9 Å². The molecule has 1 heterocycles. The quantitative estimate of drug-likeness (QED) is 0.425. The Morgan fingerprint density at radius 2 is 1.54 bits per heavy atom. The van der Waals surface area contributed by atoms with Crippen LogP contribution in [0.25, 0.3) is 0 Å². The summed E-state index contributed by atoms with van der Waals surface area (Å²) < 4.78 is 16.8. The highest BCUT2D eigenvalue weighted by atomic mass is 16.5. The molecular weight excluding hydrogens is 438 g/mol. The van der Waals surface area contributed by atoms with Crippen LogP contribution in [0.2, 0.25) is 0 Å². The molecule has 1 amide bonds. The van der Waals surface area contributed by atoms with Crippen LogP contribution in [0.3, 0.4) is 0 Å². The second kappa shape index (κ2) is 9.44. The van der Waals surface area contributed by atoms with E-state index in [0.717, 1.165) is 11.3 Å². The molecule has 0 atom stereocenters. The Kier molecular flexibility index (Phi) is 6.72. The molecule has 0 radical (unpaired) electrons. The molecule has 0 bridgehead atoms. The molecule has 35 heavy (non-hydrogen) atoms. The van der Waals surface area contributed by atoms with Crippen LogP contribution in [0.5, 0.6) is 11.5 Å². The maximum atomic E-state index is 12.8. The number of hydrogen-bond acceptors (Lipinski definition) is 4. The summed E-state index contributed by atoms with van der Waals surface area (Å²) in [5, 5.41) is 2.92. The molecule has 0 fully saturated rings. The molecule has 4 rings (SSSR count). The molecule has 1 aromatic heterocycles. The molecule has 5 nitrogen and oxygen atoms in total. The summed E-state index contributed by atoms with van der Waals surface area (Å²) in [5.41, 5.74) is 6.53. The Bertz CT molecular complexity index is 1210. The highest BCUT2D eigenvalue weighted by molar-refractivity contribution is 5.91. The van der Waals surface area contributed by atoms with Gasteiger partial charge in [0.05, 0.1) is 26.3 Å². The third kappa shape index (κ3) is 4.95. The number of aryl methyl sites for hydroxylation is 1. The van der Waals surface area contributed by atoms with Crippen molar-refractivity contribution in [3.8, 4) is 11.5 Å². The van der Waals surface area contributed by atoms with E-state index in [1.807, 2.05) is 24.3 Å². The van der Waals surface area contributed by atoms with Crippen LogP contribution in [-0.2, 0) is 23.8 Å². The summed E-state index contributed by atoms with van der Waals surface area (Å²) >= 11 is 0. The topological polar surface area (TPSA) is 60.7 Å². The van der Waals surface area contributed by atoms with E-state index >= 15 is 0 Å². The fourth-order valence-corrected chi connectivity index (χ4v) is 5.10.